The zero-order valence-corrected chi connectivity index (χ0v) is 12.7. The number of halogens is 1. The van der Waals surface area contributed by atoms with Crippen molar-refractivity contribution in [2.75, 3.05) is 19.1 Å². The SMILES string of the molecule is CCCc1nc(Cl)cc(N(C)c2ccc(OC)cc2)n1. The van der Waals surface area contributed by atoms with Gasteiger partial charge in [-0.2, -0.15) is 0 Å². The molecular formula is C15H18ClN3O. The molecule has 106 valence electrons. The number of aryl methyl sites for hydroxylation is 1. The average Bonchev–Trinajstić information content (AvgIpc) is 2.46. The Kier molecular flexibility index (Phi) is 4.79. The van der Waals surface area contributed by atoms with Crippen LogP contribution in [0.15, 0.2) is 30.3 Å². The van der Waals surface area contributed by atoms with Crippen LogP contribution in [-0.2, 0) is 6.42 Å². The molecule has 1 heterocycles. The summed E-state index contributed by atoms with van der Waals surface area (Å²) in [6, 6.07) is 9.57. The summed E-state index contributed by atoms with van der Waals surface area (Å²) in [7, 11) is 3.61. The molecule has 0 atom stereocenters. The van der Waals surface area contributed by atoms with Crippen molar-refractivity contribution < 1.29 is 4.74 Å². The van der Waals surface area contributed by atoms with Crippen molar-refractivity contribution in [1.29, 1.82) is 0 Å². The summed E-state index contributed by atoms with van der Waals surface area (Å²) in [5, 5.41) is 0.471. The fraction of sp³-hybridized carbons (Fsp3) is 0.333. The number of rotatable bonds is 5. The van der Waals surface area contributed by atoms with Gasteiger partial charge in [-0.05, 0) is 30.7 Å². The van der Waals surface area contributed by atoms with Crippen LogP contribution in [0.1, 0.15) is 19.2 Å². The molecule has 0 unspecified atom stereocenters. The highest BCUT2D eigenvalue weighted by Gasteiger charge is 2.09. The zero-order chi connectivity index (χ0) is 14.5. The van der Waals surface area contributed by atoms with Crippen molar-refractivity contribution in [2.45, 2.75) is 19.8 Å². The average molecular weight is 292 g/mol. The number of anilines is 2. The normalized spacial score (nSPS) is 10.4. The second kappa shape index (κ2) is 6.57. The molecule has 0 spiro atoms. The largest absolute Gasteiger partial charge is 0.497 e. The van der Waals surface area contributed by atoms with Crippen LogP contribution in [0.3, 0.4) is 0 Å². The highest BCUT2D eigenvalue weighted by Crippen LogP contribution is 2.25. The standard InChI is InChI=1S/C15H18ClN3O/c1-4-5-14-17-13(16)10-15(18-14)19(2)11-6-8-12(20-3)9-7-11/h6-10H,4-5H2,1-3H3. The summed E-state index contributed by atoms with van der Waals surface area (Å²) < 4.78 is 5.16. The van der Waals surface area contributed by atoms with Crippen LogP contribution >= 0.6 is 11.6 Å². The molecule has 1 aromatic heterocycles. The molecule has 1 aromatic carbocycles. The van der Waals surface area contributed by atoms with Gasteiger partial charge in [0.25, 0.3) is 0 Å². The van der Waals surface area contributed by atoms with Gasteiger partial charge in [0.2, 0.25) is 0 Å². The van der Waals surface area contributed by atoms with Crippen LogP contribution in [0, 0.1) is 0 Å². The predicted octanol–water partition coefficient (Wildman–Crippen LogP) is 3.86. The molecule has 5 heteroatoms. The molecule has 0 aliphatic carbocycles. The van der Waals surface area contributed by atoms with E-state index in [9.17, 15) is 0 Å². The van der Waals surface area contributed by atoms with Crippen LogP contribution in [0.2, 0.25) is 5.15 Å². The minimum atomic E-state index is 0.471. The molecule has 0 fully saturated rings. The van der Waals surface area contributed by atoms with E-state index in [2.05, 4.69) is 16.9 Å². The number of hydrogen-bond acceptors (Lipinski definition) is 4. The topological polar surface area (TPSA) is 38.2 Å². The monoisotopic (exact) mass is 291 g/mol. The Hall–Kier alpha value is -1.81. The molecule has 0 aliphatic heterocycles. The third-order valence-electron chi connectivity index (χ3n) is 3.00. The van der Waals surface area contributed by atoms with E-state index in [-0.39, 0.29) is 0 Å². The molecule has 2 rings (SSSR count). The van der Waals surface area contributed by atoms with E-state index in [0.717, 1.165) is 35.9 Å². The van der Waals surface area contributed by atoms with Gasteiger partial charge in [0, 0.05) is 25.2 Å². The van der Waals surface area contributed by atoms with E-state index >= 15 is 0 Å². The van der Waals surface area contributed by atoms with Crippen LogP contribution in [-0.4, -0.2) is 24.1 Å². The number of ether oxygens (including phenoxy) is 1. The molecule has 0 bridgehead atoms. The first-order valence-electron chi connectivity index (χ1n) is 6.55. The van der Waals surface area contributed by atoms with Crippen LogP contribution < -0.4 is 9.64 Å². The van der Waals surface area contributed by atoms with Crippen molar-refractivity contribution in [3.8, 4) is 5.75 Å². The summed E-state index contributed by atoms with van der Waals surface area (Å²) in [5.74, 6) is 2.39. The fourth-order valence-electron chi connectivity index (χ4n) is 1.90. The predicted molar refractivity (Wildman–Crippen MR) is 82.1 cm³/mol. The minimum absolute atomic E-state index is 0.471. The first kappa shape index (κ1) is 14.6. The summed E-state index contributed by atoms with van der Waals surface area (Å²) in [6.07, 6.45) is 1.82. The van der Waals surface area contributed by atoms with Crippen LogP contribution in [0.25, 0.3) is 0 Å². The maximum atomic E-state index is 6.07. The molecule has 0 saturated carbocycles. The van der Waals surface area contributed by atoms with Gasteiger partial charge in [-0.3, -0.25) is 0 Å². The summed E-state index contributed by atoms with van der Waals surface area (Å²) in [5.41, 5.74) is 1.02. The van der Waals surface area contributed by atoms with Crippen molar-refractivity contribution >= 4 is 23.1 Å². The Bertz CT molecular complexity index is 572. The summed E-state index contributed by atoms with van der Waals surface area (Å²) >= 11 is 6.07. The first-order valence-corrected chi connectivity index (χ1v) is 6.93. The summed E-state index contributed by atoms with van der Waals surface area (Å²) in [6.45, 7) is 2.09. The fourth-order valence-corrected chi connectivity index (χ4v) is 2.09. The minimum Gasteiger partial charge on any atom is -0.497 e. The van der Waals surface area contributed by atoms with Gasteiger partial charge in [0.15, 0.2) is 0 Å². The van der Waals surface area contributed by atoms with Gasteiger partial charge < -0.3 is 9.64 Å². The van der Waals surface area contributed by atoms with E-state index in [1.165, 1.54) is 0 Å². The molecule has 4 nitrogen and oxygen atoms in total. The van der Waals surface area contributed by atoms with Gasteiger partial charge in [0.1, 0.15) is 22.5 Å². The van der Waals surface area contributed by atoms with E-state index in [1.807, 2.05) is 36.2 Å². The van der Waals surface area contributed by atoms with Gasteiger partial charge in [0.05, 0.1) is 7.11 Å². The maximum Gasteiger partial charge on any atom is 0.137 e. The molecule has 0 saturated heterocycles. The van der Waals surface area contributed by atoms with E-state index < -0.39 is 0 Å². The van der Waals surface area contributed by atoms with E-state index in [1.54, 1.807) is 13.2 Å². The van der Waals surface area contributed by atoms with Crippen molar-refractivity contribution in [3.05, 3.63) is 41.3 Å². The molecule has 0 amide bonds. The molecule has 0 N–H and O–H groups in total. The van der Waals surface area contributed by atoms with E-state index in [0.29, 0.717) is 5.15 Å². The Morgan fingerprint density at radius 2 is 1.90 bits per heavy atom. The highest BCUT2D eigenvalue weighted by molar-refractivity contribution is 6.29. The Morgan fingerprint density at radius 1 is 1.20 bits per heavy atom. The highest BCUT2D eigenvalue weighted by atomic mass is 35.5. The zero-order valence-electron chi connectivity index (χ0n) is 11.9. The van der Waals surface area contributed by atoms with E-state index in [4.69, 9.17) is 16.3 Å². The third kappa shape index (κ3) is 3.39. The molecule has 20 heavy (non-hydrogen) atoms. The third-order valence-corrected chi connectivity index (χ3v) is 3.20. The number of methoxy groups -OCH3 is 1. The lowest BCUT2D eigenvalue weighted by Gasteiger charge is -2.19. The Morgan fingerprint density at radius 3 is 2.50 bits per heavy atom. The molecule has 0 aliphatic rings. The lowest BCUT2D eigenvalue weighted by Crippen LogP contribution is -2.12. The number of aromatic nitrogens is 2. The number of nitrogens with zero attached hydrogens (tertiary/aromatic N) is 3. The number of hydrogen-bond donors (Lipinski definition) is 0. The van der Waals surface area contributed by atoms with Crippen molar-refractivity contribution in [3.63, 3.8) is 0 Å². The lowest BCUT2D eigenvalue weighted by molar-refractivity contribution is 0.415. The Balaban J connectivity index is 2.29. The van der Waals surface area contributed by atoms with Gasteiger partial charge >= 0.3 is 0 Å². The van der Waals surface area contributed by atoms with Crippen LogP contribution in [0.5, 0.6) is 5.75 Å². The van der Waals surface area contributed by atoms with Gasteiger partial charge in [-0.15, -0.1) is 0 Å². The summed E-state index contributed by atoms with van der Waals surface area (Å²) in [4.78, 5) is 10.8. The van der Waals surface area contributed by atoms with Crippen molar-refractivity contribution in [2.24, 2.45) is 0 Å². The lowest BCUT2D eigenvalue weighted by atomic mass is 10.2. The second-order valence-corrected chi connectivity index (χ2v) is 4.86. The molecule has 2 aromatic rings. The van der Waals surface area contributed by atoms with Gasteiger partial charge in [-0.25, -0.2) is 9.97 Å². The van der Waals surface area contributed by atoms with Gasteiger partial charge in [-0.1, -0.05) is 18.5 Å². The molecule has 0 radical (unpaired) electrons. The second-order valence-electron chi connectivity index (χ2n) is 4.47. The smallest absolute Gasteiger partial charge is 0.137 e. The first-order chi connectivity index (χ1) is 9.63. The molecular weight excluding hydrogens is 274 g/mol. The quantitative estimate of drug-likeness (QED) is 0.784. The number of benzene rings is 1. The maximum absolute atomic E-state index is 6.07. The van der Waals surface area contributed by atoms with Crippen molar-refractivity contribution in [1.82, 2.24) is 9.97 Å². The van der Waals surface area contributed by atoms with Crippen LogP contribution in [0.4, 0.5) is 11.5 Å². The Labute approximate surface area is 124 Å².